The van der Waals surface area contributed by atoms with E-state index >= 15 is 0 Å². The molecular weight excluding hydrogens is 501 g/mol. The first kappa shape index (κ1) is 24.3. The molecule has 1 saturated heterocycles. The maximum atomic E-state index is 14.1. The van der Waals surface area contributed by atoms with E-state index in [-0.39, 0.29) is 28.9 Å². The minimum atomic E-state index is -3.67. The van der Waals surface area contributed by atoms with E-state index in [2.05, 4.69) is 0 Å². The summed E-state index contributed by atoms with van der Waals surface area (Å²) in [6, 6.07) is 20.6. The van der Waals surface area contributed by atoms with Crippen LogP contribution >= 0.6 is 11.6 Å². The maximum absolute atomic E-state index is 14.1. The predicted octanol–water partition coefficient (Wildman–Crippen LogP) is 4.76. The van der Waals surface area contributed by atoms with Crippen LogP contribution in [0.4, 0.5) is 10.1 Å². The first-order valence-electron chi connectivity index (χ1n) is 11.6. The fourth-order valence-electron chi connectivity index (χ4n) is 4.62. The van der Waals surface area contributed by atoms with E-state index in [4.69, 9.17) is 11.6 Å². The third-order valence-electron chi connectivity index (χ3n) is 6.49. The van der Waals surface area contributed by atoms with Gasteiger partial charge in [-0.3, -0.25) is 4.79 Å². The van der Waals surface area contributed by atoms with Crippen LogP contribution in [0, 0.1) is 5.82 Å². The summed E-state index contributed by atoms with van der Waals surface area (Å²) in [6.07, 6.45) is 1.56. The Morgan fingerprint density at radius 1 is 0.889 bits per heavy atom. The Labute approximate surface area is 214 Å². The fourth-order valence-corrected chi connectivity index (χ4v) is 6.33. The molecule has 0 radical (unpaired) electrons. The molecular formula is C27H25ClFN3O3S. The van der Waals surface area contributed by atoms with Crippen LogP contribution in [0.3, 0.4) is 0 Å². The number of amides is 1. The monoisotopic (exact) mass is 525 g/mol. The summed E-state index contributed by atoms with van der Waals surface area (Å²) >= 11 is 5.93. The summed E-state index contributed by atoms with van der Waals surface area (Å²) < 4.78 is 42.5. The molecule has 0 spiro atoms. The van der Waals surface area contributed by atoms with Gasteiger partial charge in [-0.1, -0.05) is 54.1 Å². The van der Waals surface area contributed by atoms with E-state index in [1.54, 1.807) is 70.3 Å². The number of aromatic nitrogens is 1. The van der Waals surface area contributed by atoms with Crippen LogP contribution in [-0.4, -0.2) is 50.0 Å². The lowest BCUT2D eigenvalue weighted by Crippen LogP contribution is -2.49. The molecule has 1 aliphatic rings. The Kier molecular flexibility index (Phi) is 6.73. The molecule has 1 fully saturated rings. The zero-order chi connectivity index (χ0) is 25.3. The van der Waals surface area contributed by atoms with E-state index in [1.165, 1.54) is 6.07 Å². The number of sulfone groups is 1. The van der Waals surface area contributed by atoms with Gasteiger partial charge in [-0.05, 0) is 35.9 Å². The molecule has 0 saturated carbocycles. The normalized spacial score (nSPS) is 14.4. The van der Waals surface area contributed by atoms with Crippen molar-refractivity contribution in [2.75, 3.05) is 31.1 Å². The largest absolute Gasteiger partial charge is 0.366 e. The van der Waals surface area contributed by atoms with Crippen LogP contribution in [0.25, 0.3) is 10.9 Å². The number of carbonyl (C=O) groups is 1. The minimum Gasteiger partial charge on any atom is -0.366 e. The van der Waals surface area contributed by atoms with Crippen molar-refractivity contribution in [3.8, 4) is 0 Å². The quantitative estimate of drug-likeness (QED) is 0.364. The zero-order valence-corrected chi connectivity index (χ0v) is 21.1. The predicted molar refractivity (Wildman–Crippen MR) is 139 cm³/mol. The summed E-state index contributed by atoms with van der Waals surface area (Å²) in [5, 5.41) is 1.13. The zero-order valence-electron chi connectivity index (χ0n) is 19.5. The number of carbonyl (C=O) groups excluding carboxylic acids is 1. The summed E-state index contributed by atoms with van der Waals surface area (Å²) in [4.78, 5) is 17.0. The van der Waals surface area contributed by atoms with Gasteiger partial charge in [0.15, 0.2) is 9.84 Å². The van der Waals surface area contributed by atoms with Crippen molar-refractivity contribution in [2.24, 2.45) is 0 Å². The number of rotatable bonds is 6. The number of hydrogen-bond donors (Lipinski definition) is 0. The Bertz CT molecular complexity index is 1510. The van der Waals surface area contributed by atoms with Crippen molar-refractivity contribution in [2.45, 2.75) is 17.2 Å². The topological polar surface area (TPSA) is 62.6 Å². The first-order chi connectivity index (χ1) is 17.3. The van der Waals surface area contributed by atoms with E-state index in [9.17, 15) is 17.6 Å². The second-order valence-corrected chi connectivity index (χ2v) is 11.2. The number of benzene rings is 3. The van der Waals surface area contributed by atoms with Crippen molar-refractivity contribution < 1.29 is 17.6 Å². The van der Waals surface area contributed by atoms with Gasteiger partial charge < -0.3 is 14.4 Å². The lowest BCUT2D eigenvalue weighted by molar-refractivity contribution is -0.132. The Hall–Kier alpha value is -3.36. The van der Waals surface area contributed by atoms with Crippen molar-refractivity contribution >= 4 is 43.9 Å². The number of nitrogens with zero attached hydrogens (tertiary/aromatic N) is 3. The average Bonchev–Trinajstić information content (AvgIpc) is 3.25. The maximum Gasteiger partial charge on any atom is 0.242 e. The number of hydrogen-bond acceptors (Lipinski definition) is 4. The molecule has 0 aliphatic carbocycles. The van der Waals surface area contributed by atoms with Crippen molar-refractivity contribution in [1.29, 1.82) is 0 Å². The van der Waals surface area contributed by atoms with Gasteiger partial charge in [0.05, 0.1) is 16.3 Å². The first-order valence-corrected chi connectivity index (χ1v) is 13.7. The molecule has 0 bridgehead atoms. The van der Waals surface area contributed by atoms with Gasteiger partial charge in [-0.25, -0.2) is 12.8 Å². The third-order valence-corrected chi connectivity index (χ3v) is 8.45. The molecule has 2 heterocycles. The van der Waals surface area contributed by atoms with Gasteiger partial charge in [0.2, 0.25) is 5.91 Å². The van der Waals surface area contributed by atoms with Gasteiger partial charge in [0, 0.05) is 48.3 Å². The van der Waals surface area contributed by atoms with Crippen LogP contribution < -0.4 is 4.90 Å². The highest BCUT2D eigenvalue weighted by Gasteiger charge is 2.26. The van der Waals surface area contributed by atoms with Gasteiger partial charge in [-0.15, -0.1) is 0 Å². The third kappa shape index (κ3) is 4.96. The smallest absolute Gasteiger partial charge is 0.242 e. The molecule has 0 unspecified atom stereocenters. The lowest BCUT2D eigenvalue weighted by Gasteiger charge is -2.36. The number of halogens is 2. The van der Waals surface area contributed by atoms with E-state index < -0.39 is 9.84 Å². The van der Waals surface area contributed by atoms with Gasteiger partial charge in [0.1, 0.15) is 12.4 Å². The number of piperazine rings is 1. The van der Waals surface area contributed by atoms with Crippen molar-refractivity contribution in [3.63, 3.8) is 0 Å². The highest BCUT2D eigenvalue weighted by Crippen LogP contribution is 2.29. The standard InChI is InChI=1S/C27H25ClFN3O3S/c28-21-11-9-20(10-12-21)19-36(34,35)26-17-32(24-7-3-1-5-22(24)26)18-27(33)31-15-13-30(14-16-31)25-8-4-2-6-23(25)29/h1-12,17H,13-16,18-19H2. The molecule has 0 atom stereocenters. The number of fused-ring (bicyclic) bond motifs is 1. The molecule has 9 heteroatoms. The van der Waals surface area contributed by atoms with Gasteiger partial charge in [0.25, 0.3) is 0 Å². The van der Waals surface area contributed by atoms with Crippen LogP contribution in [0.5, 0.6) is 0 Å². The van der Waals surface area contributed by atoms with Crippen LogP contribution in [0.15, 0.2) is 83.9 Å². The second kappa shape index (κ2) is 9.95. The van der Waals surface area contributed by atoms with E-state index in [1.807, 2.05) is 17.0 Å². The molecule has 36 heavy (non-hydrogen) atoms. The summed E-state index contributed by atoms with van der Waals surface area (Å²) in [5.41, 5.74) is 1.86. The number of para-hydroxylation sites is 2. The van der Waals surface area contributed by atoms with E-state index in [0.717, 1.165) is 0 Å². The van der Waals surface area contributed by atoms with Crippen molar-refractivity contribution in [1.82, 2.24) is 9.47 Å². The number of anilines is 1. The lowest BCUT2D eigenvalue weighted by atomic mass is 10.2. The fraction of sp³-hybridized carbons (Fsp3) is 0.222. The highest BCUT2D eigenvalue weighted by atomic mass is 35.5. The minimum absolute atomic E-state index is 0.0245. The van der Waals surface area contributed by atoms with Gasteiger partial charge in [-0.2, -0.15) is 0 Å². The molecule has 6 nitrogen and oxygen atoms in total. The van der Waals surface area contributed by atoms with Crippen LogP contribution in [-0.2, 0) is 26.9 Å². The molecule has 3 aromatic carbocycles. The second-order valence-electron chi connectivity index (χ2n) is 8.84. The van der Waals surface area contributed by atoms with Crippen LogP contribution in [0.2, 0.25) is 5.02 Å². The van der Waals surface area contributed by atoms with Gasteiger partial charge >= 0.3 is 0 Å². The highest BCUT2D eigenvalue weighted by molar-refractivity contribution is 7.90. The van der Waals surface area contributed by atoms with Crippen molar-refractivity contribution in [3.05, 3.63) is 95.4 Å². The summed E-state index contributed by atoms with van der Waals surface area (Å²) in [7, 11) is -3.67. The summed E-state index contributed by atoms with van der Waals surface area (Å²) in [5.74, 6) is -0.543. The molecule has 1 amide bonds. The molecule has 0 N–H and O–H groups in total. The molecule has 4 aromatic rings. The molecule has 1 aromatic heterocycles. The Morgan fingerprint density at radius 2 is 1.56 bits per heavy atom. The van der Waals surface area contributed by atoms with E-state index in [0.29, 0.717) is 53.4 Å². The molecule has 186 valence electrons. The Morgan fingerprint density at radius 3 is 2.28 bits per heavy atom. The Balaban J connectivity index is 1.34. The van der Waals surface area contributed by atoms with Crippen LogP contribution in [0.1, 0.15) is 5.56 Å². The molecule has 5 rings (SSSR count). The average molecular weight is 526 g/mol. The SMILES string of the molecule is O=C(Cn1cc(S(=O)(=O)Cc2ccc(Cl)cc2)c2ccccc21)N1CCN(c2ccccc2F)CC1. The summed E-state index contributed by atoms with van der Waals surface area (Å²) in [6.45, 7) is 2.01. The molecule has 1 aliphatic heterocycles.